The van der Waals surface area contributed by atoms with Gasteiger partial charge in [0, 0.05) is 31.1 Å². The van der Waals surface area contributed by atoms with Crippen LogP contribution in [-0.4, -0.2) is 29.3 Å². The third kappa shape index (κ3) is 2.61. The largest absolute Gasteiger partial charge is 0.486 e. The highest BCUT2D eigenvalue weighted by molar-refractivity contribution is 5.81. The van der Waals surface area contributed by atoms with Crippen LogP contribution in [-0.2, 0) is 6.42 Å². The zero-order valence-electron chi connectivity index (χ0n) is 13.7. The Kier molecular flexibility index (Phi) is 3.86. The number of fused-ring (bicyclic) bond motifs is 2. The Morgan fingerprint density at radius 1 is 1.12 bits per heavy atom. The van der Waals surface area contributed by atoms with Crippen LogP contribution in [0.25, 0.3) is 11.0 Å². The Labute approximate surface area is 141 Å². The molecule has 0 amide bonds. The molecule has 5 nitrogen and oxygen atoms in total. The normalized spacial score (nSPS) is 14.8. The lowest BCUT2D eigenvalue weighted by molar-refractivity contribution is 0.172. The molecule has 1 aromatic heterocycles. The molecule has 24 heavy (non-hydrogen) atoms. The predicted molar refractivity (Wildman–Crippen MR) is 93.7 cm³/mol. The molecule has 2 aromatic carbocycles. The number of nitrogens with zero attached hydrogens (tertiary/aromatic N) is 2. The predicted octanol–water partition coefficient (Wildman–Crippen LogP) is 2.92. The van der Waals surface area contributed by atoms with Gasteiger partial charge in [0.15, 0.2) is 11.5 Å². The highest BCUT2D eigenvalue weighted by Gasteiger charge is 2.20. The number of benzene rings is 2. The molecule has 1 aliphatic rings. The number of ether oxygens (including phenoxy) is 2. The summed E-state index contributed by atoms with van der Waals surface area (Å²) < 4.78 is 13.6. The molecular weight excluding hydrogens is 302 g/mol. The first-order valence-corrected chi connectivity index (χ1v) is 8.30. The van der Waals surface area contributed by atoms with E-state index in [2.05, 4.69) is 35.8 Å². The van der Waals surface area contributed by atoms with E-state index in [9.17, 15) is 0 Å². The number of nitrogens with two attached hydrogens (primary N) is 1. The average Bonchev–Trinajstić information content (AvgIpc) is 2.96. The molecule has 4 rings (SSSR count). The van der Waals surface area contributed by atoms with E-state index in [0.717, 1.165) is 34.8 Å². The fourth-order valence-electron chi connectivity index (χ4n) is 3.18. The summed E-state index contributed by atoms with van der Waals surface area (Å²) in [6.45, 7) is 3.83. The molecule has 0 spiro atoms. The molecule has 0 aliphatic carbocycles. The molecule has 3 aromatic rings. The van der Waals surface area contributed by atoms with Gasteiger partial charge in [-0.3, -0.25) is 0 Å². The van der Waals surface area contributed by atoms with Crippen molar-refractivity contribution in [2.45, 2.75) is 19.4 Å². The lowest BCUT2D eigenvalue weighted by atomic mass is 10.1. The second-order valence-electron chi connectivity index (χ2n) is 6.13. The highest BCUT2D eigenvalue weighted by Crippen LogP contribution is 2.36. The first kappa shape index (κ1) is 15.0. The highest BCUT2D eigenvalue weighted by atomic mass is 16.6. The monoisotopic (exact) mass is 323 g/mol. The van der Waals surface area contributed by atoms with E-state index >= 15 is 0 Å². The van der Waals surface area contributed by atoms with Gasteiger partial charge in [-0.25, -0.2) is 4.98 Å². The van der Waals surface area contributed by atoms with Crippen LogP contribution in [0.4, 0.5) is 0 Å². The maximum Gasteiger partial charge on any atom is 0.163 e. The molecular formula is C19H21N3O2. The Balaban J connectivity index is 1.85. The number of imidazole rings is 1. The molecule has 0 saturated carbocycles. The van der Waals surface area contributed by atoms with E-state index in [1.54, 1.807) is 0 Å². The van der Waals surface area contributed by atoms with Crippen LogP contribution in [0.3, 0.4) is 0 Å². The fraction of sp³-hybridized carbons (Fsp3) is 0.316. The first-order chi connectivity index (χ1) is 11.8. The quantitative estimate of drug-likeness (QED) is 0.802. The van der Waals surface area contributed by atoms with Crippen molar-refractivity contribution in [1.29, 1.82) is 0 Å². The maximum atomic E-state index is 5.95. The molecule has 0 radical (unpaired) electrons. The van der Waals surface area contributed by atoms with Gasteiger partial charge in [0.05, 0.1) is 11.0 Å². The smallest absolute Gasteiger partial charge is 0.163 e. The average molecular weight is 323 g/mol. The molecule has 124 valence electrons. The van der Waals surface area contributed by atoms with E-state index in [1.807, 2.05) is 18.2 Å². The second-order valence-corrected chi connectivity index (χ2v) is 6.13. The summed E-state index contributed by atoms with van der Waals surface area (Å²) in [5.74, 6) is 2.56. The van der Waals surface area contributed by atoms with Gasteiger partial charge in [0.2, 0.25) is 0 Å². The standard InChI is InChI=1S/C19H21N3O2/c1-13(12-20)22-16-11-18-17(23-7-8-24-18)10-15(16)21-19(22)9-14-5-3-2-4-6-14/h2-6,10-11,13H,7-9,12,20H2,1H3. The number of hydrogen-bond donors (Lipinski definition) is 1. The number of aromatic nitrogens is 2. The van der Waals surface area contributed by atoms with Crippen molar-refractivity contribution >= 4 is 11.0 Å². The van der Waals surface area contributed by atoms with Gasteiger partial charge >= 0.3 is 0 Å². The first-order valence-electron chi connectivity index (χ1n) is 8.30. The topological polar surface area (TPSA) is 62.3 Å². The van der Waals surface area contributed by atoms with E-state index in [4.69, 9.17) is 20.2 Å². The maximum absolute atomic E-state index is 5.95. The Hall–Kier alpha value is -2.53. The van der Waals surface area contributed by atoms with Crippen LogP contribution in [0.15, 0.2) is 42.5 Å². The molecule has 1 unspecified atom stereocenters. The molecule has 0 bridgehead atoms. The van der Waals surface area contributed by atoms with Crippen molar-refractivity contribution in [3.8, 4) is 11.5 Å². The summed E-state index contributed by atoms with van der Waals surface area (Å²) in [5, 5.41) is 0. The Morgan fingerprint density at radius 2 is 1.83 bits per heavy atom. The third-order valence-corrected chi connectivity index (χ3v) is 4.41. The van der Waals surface area contributed by atoms with Crippen LogP contribution in [0, 0.1) is 0 Å². The summed E-state index contributed by atoms with van der Waals surface area (Å²) in [4.78, 5) is 4.86. The fourth-order valence-corrected chi connectivity index (χ4v) is 3.18. The van der Waals surface area contributed by atoms with Crippen LogP contribution in [0.2, 0.25) is 0 Å². The van der Waals surface area contributed by atoms with Gasteiger partial charge < -0.3 is 19.8 Å². The lowest BCUT2D eigenvalue weighted by Crippen LogP contribution is -2.19. The molecule has 5 heteroatoms. The van der Waals surface area contributed by atoms with Gasteiger partial charge in [-0.05, 0) is 12.5 Å². The van der Waals surface area contributed by atoms with Crippen LogP contribution >= 0.6 is 0 Å². The zero-order chi connectivity index (χ0) is 16.5. The molecule has 0 saturated heterocycles. The summed E-state index contributed by atoms with van der Waals surface area (Å²) >= 11 is 0. The van der Waals surface area contributed by atoms with E-state index in [-0.39, 0.29) is 6.04 Å². The van der Waals surface area contributed by atoms with E-state index in [1.165, 1.54) is 5.56 Å². The number of hydrogen-bond acceptors (Lipinski definition) is 4. The van der Waals surface area contributed by atoms with Gasteiger partial charge in [-0.1, -0.05) is 30.3 Å². The molecule has 1 aliphatic heterocycles. The van der Waals surface area contributed by atoms with Gasteiger partial charge in [0.25, 0.3) is 0 Å². The Bertz CT molecular complexity index is 858. The third-order valence-electron chi connectivity index (χ3n) is 4.41. The summed E-state index contributed by atoms with van der Waals surface area (Å²) in [6.07, 6.45) is 0.770. The van der Waals surface area contributed by atoms with Crippen molar-refractivity contribution < 1.29 is 9.47 Å². The minimum absolute atomic E-state index is 0.163. The van der Waals surface area contributed by atoms with Crippen LogP contribution in [0.1, 0.15) is 24.4 Å². The summed E-state index contributed by atoms with van der Waals surface area (Å²) in [5.41, 5.74) is 9.15. The Morgan fingerprint density at radius 3 is 2.54 bits per heavy atom. The van der Waals surface area contributed by atoms with E-state index < -0.39 is 0 Å². The zero-order valence-corrected chi connectivity index (χ0v) is 13.7. The van der Waals surface area contributed by atoms with Gasteiger partial charge in [-0.15, -0.1) is 0 Å². The second kappa shape index (κ2) is 6.17. The molecule has 0 fully saturated rings. The minimum atomic E-state index is 0.163. The van der Waals surface area contributed by atoms with Crippen molar-refractivity contribution in [3.05, 3.63) is 53.9 Å². The molecule has 2 N–H and O–H groups in total. The number of rotatable bonds is 4. The SMILES string of the molecule is CC(CN)n1c(Cc2ccccc2)nc2cc3c(cc21)OCCO3. The lowest BCUT2D eigenvalue weighted by Gasteiger charge is -2.19. The van der Waals surface area contributed by atoms with Crippen molar-refractivity contribution in [3.63, 3.8) is 0 Å². The molecule has 2 heterocycles. The van der Waals surface area contributed by atoms with Crippen molar-refractivity contribution in [1.82, 2.24) is 9.55 Å². The van der Waals surface area contributed by atoms with Crippen LogP contribution in [0.5, 0.6) is 11.5 Å². The van der Waals surface area contributed by atoms with Gasteiger partial charge in [-0.2, -0.15) is 0 Å². The van der Waals surface area contributed by atoms with Gasteiger partial charge in [0.1, 0.15) is 19.0 Å². The minimum Gasteiger partial charge on any atom is -0.486 e. The summed E-state index contributed by atoms with van der Waals surface area (Å²) in [7, 11) is 0. The van der Waals surface area contributed by atoms with Crippen LogP contribution < -0.4 is 15.2 Å². The van der Waals surface area contributed by atoms with Crippen molar-refractivity contribution in [2.75, 3.05) is 19.8 Å². The van der Waals surface area contributed by atoms with Crippen molar-refractivity contribution in [2.24, 2.45) is 5.73 Å². The molecule has 1 atom stereocenters. The summed E-state index contributed by atoms with van der Waals surface area (Å²) in [6, 6.07) is 14.5. The van der Waals surface area contributed by atoms with E-state index in [0.29, 0.717) is 19.8 Å².